The zero-order chi connectivity index (χ0) is 15.0. The SMILES string of the molecule is O=c1[nH]c(=O)n([C@@H]2O[C@H](CO)[C@@H](O)C2F)cc1C(F)F. The molecule has 20 heavy (non-hydrogen) atoms. The summed E-state index contributed by atoms with van der Waals surface area (Å²) >= 11 is 0. The second-order valence-electron chi connectivity index (χ2n) is 4.23. The molecule has 1 aromatic rings. The molecule has 0 radical (unpaired) electrons. The van der Waals surface area contributed by atoms with Gasteiger partial charge in [0.25, 0.3) is 12.0 Å². The van der Waals surface area contributed by atoms with Crippen LogP contribution in [0.1, 0.15) is 18.2 Å². The highest BCUT2D eigenvalue weighted by Gasteiger charge is 2.45. The van der Waals surface area contributed by atoms with Crippen LogP contribution in [-0.4, -0.2) is 44.8 Å². The number of aliphatic hydroxyl groups is 2. The lowest BCUT2D eigenvalue weighted by Crippen LogP contribution is -2.37. The van der Waals surface area contributed by atoms with Crippen LogP contribution >= 0.6 is 0 Å². The molecular formula is C10H11F3N2O5. The number of nitrogens with one attached hydrogen (secondary N) is 1. The molecule has 0 saturated carbocycles. The molecule has 1 unspecified atom stereocenters. The van der Waals surface area contributed by atoms with Crippen molar-refractivity contribution >= 4 is 0 Å². The Morgan fingerprint density at radius 3 is 2.60 bits per heavy atom. The molecule has 0 bridgehead atoms. The van der Waals surface area contributed by atoms with Gasteiger partial charge >= 0.3 is 5.69 Å². The van der Waals surface area contributed by atoms with Gasteiger partial charge in [0.2, 0.25) is 0 Å². The van der Waals surface area contributed by atoms with Gasteiger partial charge in [-0.2, -0.15) is 0 Å². The molecular weight excluding hydrogens is 285 g/mol. The number of alkyl halides is 3. The Bertz CT molecular complexity index is 601. The number of hydrogen-bond acceptors (Lipinski definition) is 5. The summed E-state index contributed by atoms with van der Waals surface area (Å²) in [5.41, 5.74) is -3.46. The normalized spacial score (nSPS) is 30.1. The fourth-order valence-corrected chi connectivity index (χ4v) is 1.92. The minimum absolute atomic E-state index is 0.423. The average molecular weight is 296 g/mol. The van der Waals surface area contributed by atoms with Crippen molar-refractivity contribution in [3.63, 3.8) is 0 Å². The summed E-state index contributed by atoms with van der Waals surface area (Å²) in [4.78, 5) is 24.3. The zero-order valence-electron chi connectivity index (χ0n) is 9.87. The fraction of sp³-hybridized carbons (Fsp3) is 0.600. The third-order valence-electron chi connectivity index (χ3n) is 2.98. The van der Waals surface area contributed by atoms with Gasteiger partial charge in [-0.05, 0) is 0 Å². The fourth-order valence-electron chi connectivity index (χ4n) is 1.92. The van der Waals surface area contributed by atoms with E-state index >= 15 is 0 Å². The number of aliphatic hydroxyl groups excluding tert-OH is 2. The van der Waals surface area contributed by atoms with Crippen LogP contribution in [0.25, 0.3) is 0 Å². The van der Waals surface area contributed by atoms with Gasteiger partial charge in [-0.1, -0.05) is 0 Å². The molecule has 112 valence electrons. The largest absolute Gasteiger partial charge is 0.394 e. The molecule has 10 heteroatoms. The van der Waals surface area contributed by atoms with Crippen molar-refractivity contribution in [3.05, 3.63) is 32.6 Å². The molecule has 0 spiro atoms. The lowest BCUT2D eigenvalue weighted by atomic mass is 10.1. The van der Waals surface area contributed by atoms with E-state index < -0.39 is 54.5 Å². The number of aromatic nitrogens is 2. The summed E-state index contributed by atoms with van der Waals surface area (Å²) < 4.78 is 44.3. The first-order chi connectivity index (χ1) is 9.36. The number of ether oxygens (including phenoxy) is 1. The lowest BCUT2D eigenvalue weighted by Gasteiger charge is -2.16. The van der Waals surface area contributed by atoms with Crippen molar-refractivity contribution in [2.24, 2.45) is 0 Å². The highest BCUT2D eigenvalue weighted by molar-refractivity contribution is 5.07. The first kappa shape index (κ1) is 14.8. The van der Waals surface area contributed by atoms with Crippen LogP contribution in [0, 0.1) is 0 Å². The first-order valence-electron chi connectivity index (χ1n) is 5.58. The maximum absolute atomic E-state index is 13.8. The molecule has 1 saturated heterocycles. The predicted molar refractivity (Wildman–Crippen MR) is 58.2 cm³/mol. The smallest absolute Gasteiger partial charge is 0.330 e. The molecule has 0 aromatic carbocycles. The minimum atomic E-state index is -3.16. The second kappa shape index (κ2) is 5.38. The van der Waals surface area contributed by atoms with E-state index in [0.717, 1.165) is 0 Å². The number of aromatic amines is 1. The molecule has 2 rings (SSSR count). The van der Waals surface area contributed by atoms with Gasteiger partial charge in [0.15, 0.2) is 12.4 Å². The minimum Gasteiger partial charge on any atom is -0.394 e. The van der Waals surface area contributed by atoms with Gasteiger partial charge < -0.3 is 14.9 Å². The topological polar surface area (TPSA) is 105 Å². The Morgan fingerprint density at radius 1 is 1.45 bits per heavy atom. The maximum atomic E-state index is 13.8. The van der Waals surface area contributed by atoms with Gasteiger partial charge in [0.05, 0.1) is 12.2 Å². The summed E-state index contributed by atoms with van der Waals surface area (Å²) in [6.07, 6.45) is -9.49. The van der Waals surface area contributed by atoms with Crippen molar-refractivity contribution in [1.29, 1.82) is 0 Å². The maximum Gasteiger partial charge on any atom is 0.330 e. The van der Waals surface area contributed by atoms with E-state index in [9.17, 15) is 27.9 Å². The van der Waals surface area contributed by atoms with Gasteiger partial charge in [-0.3, -0.25) is 14.3 Å². The quantitative estimate of drug-likeness (QED) is 0.668. The van der Waals surface area contributed by atoms with Crippen LogP contribution in [0.5, 0.6) is 0 Å². The molecule has 1 fully saturated rings. The highest BCUT2D eigenvalue weighted by Crippen LogP contribution is 2.31. The van der Waals surface area contributed by atoms with E-state index in [1.165, 1.54) is 0 Å². The van der Waals surface area contributed by atoms with Crippen LogP contribution in [0.15, 0.2) is 15.8 Å². The van der Waals surface area contributed by atoms with E-state index in [1.54, 1.807) is 4.98 Å². The first-order valence-corrected chi connectivity index (χ1v) is 5.58. The third kappa shape index (κ3) is 2.37. The van der Waals surface area contributed by atoms with E-state index in [1.807, 2.05) is 0 Å². The van der Waals surface area contributed by atoms with Gasteiger partial charge in [0.1, 0.15) is 12.2 Å². The number of nitrogens with zero attached hydrogens (tertiary/aromatic N) is 1. The molecule has 0 amide bonds. The van der Waals surface area contributed by atoms with Gasteiger partial charge in [-0.15, -0.1) is 0 Å². The van der Waals surface area contributed by atoms with Crippen LogP contribution in [0.3, 0.4) is 0 Å². The van der Waals surface area contributed by atoms with Crippen molar-refractivity contribution < 1.29 is 28.1 Å². The van der Waals surface area contributed by atoms with Crippen LogP contribution < -0.4 is 11.2 Å². The number of hydrogen-bond donors (Lipinski definition) is 3. The van der Waals surface area contributed by atoms with Crippen molar-refractivity contribution in [3.8, 4) is 0 Å². The van der Waals surface area contributed by atoms with Crippen LogP contribution in [-0.2, 0) is 4.74 Å². The van der Waals surface area contributed by atoms with E-state index in [2.05, 4.69) is 0 Å². The van der Waals surface area contributed by atoms with E-state index in [4.69, 9.17) is 9.84 Å². The predicted octanol–water partition coefficient (Wildman–Crippen LogP) is -0.937. The van der Waals surface area contributed by atoms with Crippen LogP contribution in [0.4, 0.5) is 13.2 Å². The molecule has 3 N–H and O–H groups in total. The Labute approximate surface area is 109 Å². The second-order valence-corrected chi connectivity index (χ2v) is 4.23. The monoisotopic (exact) mass is 296 g/mol. The molecule has 1 aromatic heterocycles. The molecule has 0 aliphatic carbocycles. The van der Waals surface area contributed by atoms with Gasteiger partial charge in [0, 0.05) is 6.20 Å². The Hall–Kier alpha value is -1.65. The summed E-state index contributed by atoms with van der Waals surface area (Å²) in [6, 6.07) is 0. The summed E-state index contributed by atoms with van der Waals surface area (Å²) in [5.74, 6) is 0. The standard InChI is InChI=1S/C10H11F3N2O5/c11-5-6(17)4(2-16)20-9(5)15-1-3(7(12)13)8(18)14-10(15)19/h1,4-7,9,16-17H,2H2,(H,14,18,19)/t4-,5?,6-,9-/m1/s1. The molecule has 1 aliphatic rings. The van der Waals surface area contributed by atoms with Crippen molar-refractivity contribution in [2.45, 2.75) is 31.0 Å². The molecule has 2 heterocycles. The summed E-state index contributed by atoms with van der Waals surface area (Å²) in [5, 5.41) is 18.3. The average Bonchev–Trinajstić information content (AvgIpc) is 2.66. The van der Waals surface area contributed by atoms with Crippen LogP contribution in [0.2, 0.25) is 0 Å². The molecule has 4 atom stereocenters. The number of halogens is 3. The Balaban J connectivity index is 2.46. The number of rotatable bonds is 3. The number of H-pyrrole nitrogens is 1. The third-order valence-corrected chi connectivity index (χ3v) is 2.98. The van der Waals surface area contributed by atoms with Crippen molar-refractivity contribution in [2.75, 3.05) is 6.61 Å². The lowest BCUT2D eigenvalue weighted by molar-refractivity contribution is -0.0495. The molecule has 7 nitrogen and oxygen atoms in total. The van der Waals surface area contributed by atoms with E-state index in [-0.39, 0.29) is 0 Å². The highest BCUT2D eigenvalue weighted by atomic mass is 19.3. The molecule has 1 aliphatic heterocycles. The van der Waals surface area contributed by atoms with Gasteiger partial charge in [-0.25, -0.2) is 18.0 Å². The van der Waals surface area contributed by atoms with Crippen molar-refractivity contribution in [1.82, 2.24) is 9.55 Å². The summed E-state index contributed by atoms with van der Waals surface area (Å²) in [7, 11) is 0. The zero-order valence-corrected chi connectivity index (χ0v) is 9.87. The van der Waals surface area contributed by atoms with E-state index in [0.29, 0.717) is 10.8 Å². The summed E-state index contributed by atoms with van der Waals surface area (Å²) in [6.45, 7) is -0.710. The Kier molecular flexibility index (Phi) is 3.97. The Morgan fingerprint density at radius 2 is 2.10 bits per heavy atom.